The highest BCUT2D eigenvalue weighted by molar-refractivity contribution is 5.98. The van der Waals surface area contributed by atoms with E-state index in [1.807, 2.05) is 12.1 Å². The quantitative estimate of drug-likeness (QED) is 0.391. The first-order valence-electron chi connectivity index (χ1n) is 13.0. The molecule has 0 spiro atoms. The van der Waals surface area contributed by atoms with Gasteiger partial charge in [-0.15, -0.1) is 0 Å². The summed E-state index contributed by atoms with van der Waals surface area (Å²) in [5.41, 5.74) is 3.02. The van der Waals surface area contributed by atoms with Gasteiger partial charge in [-0.3, -0.25) is 14.7 Å². The summed E-state index contributed by atoms with van der Waals surface area (Å²) >= 11 is 0. The Morgan fingerprint density at radius 2 is 1.77 bits per heavy atom. The molecule has 0 aliphatic carbocycles. The fraction of sp³-hybridized carbons (Fsp3) is 0.300. The molecule has 9 heteroatoms. The van der Waals surface area contributed by atoms with Gasteiger partial charge < -0.3 is 20.9 Å². The first-order valence-corrected chi connectivity index (χ1v) is 13.0. The van der Waals surface area contributed by atoms with Crippen molar-refractivity contribution in [3.63, 3.8) is 0 Å². The Morgan fingerprint density at radius 1 is 0.974 bits per heavy atom. The molecule has 8 nitrogen and oxygen atoms in total. The van der Waals surface area contributed by atoms with Gasteiger partial charge in [0, 0.05) is 75.0 Å². The van der Waals surface area contributed by atoms with Gasteiger partial charge in [0.1, 0.15) is 5.82 Å². The molecule has 0 radical (unpaired) electrons. The van der Waals surface area contributed by atoms with Crippen LogP contribution in [0, 0.1) is 17.7 Å². The van der Waals surface area contributed by atoms with Crippen molar-refractivity contribution in [1.82, 2.24) is 25.4 Å². The summed E-state index contributed by atoms with van der Waals surface area (Å²) in [5.74, 6) is 5.43. The lowest BCUT2D eigenvalue weighted by Gasteiger charge is -2.32. The molecule has 1 aromatic heterocycles. The van der Waals surface area contributed by atoms with Crippen LogP contribution in [-0.2, 0) is 6.42 Å². The number of halogens is 1. The van der Waals surface area contributed by atoms with E-state index in [1.54, 1.807) is 42.7 Å². The molecule has 0 bridgehead atoms. The third-order valence-corrected chi connectivity index (χ3v) is 6.44. The van der Waals surface area contributed by atoms with E-state index in [0.717, 1.165) is 38.3 Å². The van der Waals surface area contributed by atoms with Crippen LogP contribution in [-0.4, -0.2) is 79.6 Å². The monoisotopic (exact) mass is 528 g/mol. The smallest absolute Gasteiger partial charge is 0.319 e. The second kappa shape index (κ2) is 14.0. The van der Waals surface area contributed by atoms with Gasteiger partial charge in [-0.2, -0.15) is 0 Å². The molecule has 1 aliphatic rings. The average molecular weight is 529 g/mol. The number of benzene rings is 2. The van der Waals surface area contributed by atoms with Crippen LogP contribution in [0.2, 0.25) is 0 Å². The third-order valence-electron chi connectivity index (χ3n) is 6.44. The highest BCUT2D eigenvalue weighted by atomic mass is 19.1. The minimum absolute atomic E-state index is 0.236. The van der Waals surface area contributed by atoms with Gasteiger partial charge in [-0.25, -0.2) is 9.18 Å². The number of amides is 3. The number of piperazine rings is 1. The van der Waals surface area contributed by atoms with E-state index in [9.17, 15) is 14.0 Å². The van der Waals surface area contributed by atoms with Crippen molar-refractivity contribution in [2.45, 2.75) is 6.42 Å². The molecule has 39 heavy (non-hydrogen) atoms. The molecule has 4 rings (SSSR count). The number of nitrogens with zero attached hydrogens (tertiary/aromatic N) is 3. The van der Waals surface area contributed by atoms with Crippen LogP contribution >= 0.6 is 0 Å². The fourth-order valence-corrected chi connectivity index (χ4v) is 4.13. The molecule has 1 fully saturated rings. The number of urea groups is 1. The molecule has 2 aromatic carbocycles. The molecular weight excluding hydrogens is 495 g/mol. The maximum atomic E-state index is 13.3. The number of carbonyl (C=O) groups excluding carboxylic acids is 2. The number of likely N-dealkylation sites (N-methyl/N-ethyl adjacent to an activating group) is 1. The molecule has 0 unspecified atom stereocenters. The predicted molar refractivity (Wildman–Crippen MR) is 150 cm³/mol. The van der Waals surface area contributed by atoms with Crippen LogP contribution in [0.15, 0.2) is 67.0 Å². The summed E-state index contributed by atoms with van der Waals surface area (Å²) in [6.45, 7) is 5.73. The van der Waals surface area contributed by atoms with Crippen molar-refractivity contribution in [2.24, 2.45) is 0 Å². The van der Waals surface area contributed by atoms with E-state index in [4.69, 9.17) is 0 Å². The van der Waals surface area contributed by atoms with Gasteiger partial charge >= 0.3 is 6.03 Å². The molecule has 1 aliphatic heterocycles. The van der Waals surface area contributed by atoms with Crippen LogP contribution in [0.4, 0.5) is 14.9 Å². The van der Waals surface area contributed by atoms with Crippen LogP contribution in [0.3, 0.4) is 0 Å². The largest absolute Gasteiger partial charge is 0.351 e. The van der Waals surface area contributed by atoms with Crippen molar-refractivity contribution in [2.75, 3.05) is 58.2 Å². The van der Waals surface area contributed by atoms with E-state index in [2.05, 4.69) is 49.6 Å². The first kappa shape index (κ1) is 27.8. The van der Waals surface area contributed by atoms with Gasteiger partial charge in [-0.05, 0) is 67.6 Å². The molecule has 0 atom stereocenters. The number of carbonyl (C=O) groups is 2. The van der Waals surface area contributed by atoms with Crippen LogP contribution in [0.5, 0.6) is 0 Å². The lowest BCUT2D eigenvalue weighted by atomic mass is 10.1. The number of hydrogen-bond acceptors (Lipinski definition) is 5. The van der Waals surface area contributed by atoms with E-state index < -0.39 is 0 Å². The summed E-state index contributed by atoms with van der Waals surface area (Å²) < 4.78 is 13.3. The highest BCUT2D eigenvalue weighted by Crippen LogP contribution is 2.16. The van der Waals surface area contributed by atoms with Gasteiger partial charge in [0.25, 0.3) is 5.91 Å². The molecule has 1 saturated heterocycles. The van der Waals surface area contributed by atoms with Crippen molar-refractivity contribution in [1.29, 1.82) is 0 Å². The van der Waals surface area contributed by atoms with E-state index in [1.165, 1.54) is 12.1 Å². The topological polar surface area (TPSA) is 89.6 Å². The second-order valence-electron chi connectivity index (χ2n) is 9.41. The van der Waals surface area contributed by atoms with E-state index in [0.29, 0.717) is 41.9 Å². The maximum Gasteiger partial charge on any atom is 0.319 e. The highest BCUT2D eigenvalue weighted by Gasteiger charge is 2.15. The van der Waals surface area contributed by atoms with Crippen LogP contribution < -0.4 is 16.0 Å². The molecule has 202 valence electrons. The van der Waals surface area contributed by atoms with Crippen molar-refractivity contribution in [3.8, 4) is 11.8 Å². The number of nitrogens with one attached hydrogen (secondary N) is 3. The number of anilines is 1. The zero-order chi connectivity index (χ0) is 27.5. The van der Waals surface area contributed by atoms with Crippen LogP contribution in [0.1, 0.15) is 27.0 Å². The average Bonchev–Trinajstić information content (AvgIpc) is 2.94. The fourth-order valence-electron chi connectivity index (χ4n) is 4.13. The predicted octanol–water partition coefficient (Wildman–Crippen LogP) is 2.96. The van der Waals surface area contributed by atoms with Gasteiger partial charge in [0.2, 0.25) is 0 Å². The van der Waals surface area contributed by atoms with Crippen LogP contribution in [0.25, 0.3) is 0 Å². The molecule has 2 heterocycles. The number of aromatic nitrogens is 1. The van der Waals surface area contributed by atoms with Crippen molar-refractivity contribution >= 4 is 17.6 Å². The number of pyridine rings is 1. The van der Waals surface area contributed by atoms with Gasteiger partial charge in [0.05, 0.1) is 5.56 Å². The minimum atomic E-state index is -0.360. The normalized spacial score (nSPS) is 13.7. The molecule has 0 saturated carbocycles. The standard InChI is InChI=1S/C30H33FN6O2/c1-36-17-19-37(20-18-36)16-15-33-29(38)28-11-10-27(21-25(28)7-4-23-5-8-26(31)9-6-23)35-30(39)34-14-12-24-3-2-13-32-22-24/h2-3,5-6,8-11,13,21-22H,12,14-20H2,1H3,(H,33,38)(H2,34,35,39). The summed E-state index contributed by atoms with van der Waals surface area (Å²) in [7, 11) is 2.11. The molecule has 3 N–H and O–H groups in total. The Bertz CT molecular complexity index is 1310. The lowest BCUT2D eigenvalue weighted by Crippen LogP contribution is -2.46. The Kier molecular flexibility index (Phi) is 10.0. The first-order chi connectivity index (χ1) is 19.0. The molecule has 3 aromatic rings. The molecular formula is C30H33FN6O2. The summed E-state index contributed by atoms with van der Waals surface area (Å²) in [5, 5.41) is 8.62. The number of rotatable bonds is 8. The van der Waals surface area contributed by atoms with Gasteiger partial charge in [0.15, 0.2) is 0 Å². The second-order valence-corrected chi connectivity index (χ2v) is 9.41. The summed E-state index contributed by atoms with van der Waals surface area (Å²) in [6, 6.07) is 14.3. The van der Waals surface area contributed by atoms with Crippen molar-refractivity contribution in [3.05, 3.63) is 95.1 Å². The van der Waals surface area contributed by atoms with E-state index >= 15 is 0 Å². The third kappa shape index (κ3) is 8.92. The summed E-state index contributed by atoms with van der Waals surface area (Å²) in [6.07, 6.45) is 4.13. The Morgan fingerprint density at radius 3 is 2.51 bits per heavy atom. The molecule has 3 amide bonds. The lowest BCUT2D eigenvalue weighted by molar-refractivity contribution is 0.0941. The zero-order valence-electron chi connectivity index (χ0n) is 22.0. The zero-order valence-corrected chi connectivity index (χ0v) is 22.0. The Balaban J connectivity index is 1.41. The van der Waals surface area contributed by atoms with Crippen molar-refractivity contribution < 1.29 is 14.0 Å². The SMILES string of the molecule is CN1CCN(CCNC(=O)c2ccc(NC(=O)NCCc3cccnc3)cc2C#Cc2ccc(F)cc2)CC1. The van der Waals surface area contributed by atoms with E-state index in [-0.39, 0.29) is 17.8 Å². The Labute approximate surface area is 228 Å². The summed E-state index contributed by atoms with van der Waals surface area (Å²) in [4.78, 5) is 34.2. The van der Waals surface area contributed by atoms with Gasteiger partial charge in [-0.1, -0.05) is 17.9 Å². The Hall–Kier alpha value is -4.26. The minimum Gasteiger partial charge on any atom is -0.351 e. The number of hydrogen-bond donors (Lipinski definition) is 3. The maximum absolute atomic E-state index is 13.3.